The Hall–Kier alpha value is -2.79. The van der Waals surface area contributed by atoms with Gasteiger partial charge in [0, 0.05) is 6.07 Å². The number of hydrogen-bond donors (Lipinski definition) is 1. The van der Waals surface area contributed by atoms with Crippen LogP contribution in [0, 0.1) is 0 Å². The zero-order valence-electron chi connectivity index (χ0n) is 13.7. The molecular weight excluding hydrogens is 338 g/mol. The van der Waals surface area contributed by atoms with Gasteiger partial charge in [-0.1, -0.05) is 54.1 Å². The molecule has 0 saturated carbocycles. The lowest BCUT2D eigenvalue weighted by molar-refractivity contribution is -0.122. The Morgan fingerprint density at radius 2 is 1.88 bits per heavy atom. The van der Waals surface area contributed by atoms with E-state index in [-0.39, 0.29) is 5.91 Å². The number of aromatic nitrogens is 2. The van der Waals surface area contributed by atoms with Crippen molar-refractivity contribution in [3.63, 3.8) is 0 Å². The maximum absolute atomic E-state index is 12.4. The van der Waals surface area contributed by atoms with E-state index in [2.05, 4.69) is 10.4 Å². The van der Waals surface area contributed by atoms with E-state index in [1.54, 1.807) is 42.1 Å². The van der Waals surface area contributed by atoms with Crippen molar-refractivity contribution in [2.75, 3.05) is 5.32 Å². The molecular formula is C19H18ClN3O2. The number of halogens is 1. The molecule has 25 heavy (non-hydrogen) atoms. The highest BCUT2D eigenvalue weighted by molar-refractivity contribution is 6.32. The van der Waals surface area contributed by atoms with Crippen LogP contribution in [0.1, 0.15) is 12.5 Å². The molecule has 0 aliphatic rings. The van der Waals surface area contributed by atoms with Crippen LogP contribution in [0.15, 0.2) is 66.9 Å². The summed E-state index contributed by atoms with van der Waals surface area (Å²) in [7, 11) is 0. The number of rotatable bonds is 6. The average Bonchev–Trinajstić information content (AvgIpc) is 3.04. The van der Waals surface area contributed by atoms with Gasteiger partial charge in [-0.2, -0.15) is 5.10 Å². The van der Waals surface area contributed by atoms with E-state index in [0.717, 1.165) is 5.56 Å². The summed E-state index contributed by atoms with van der Waals surface area (Å²) in [5, 5.41) is 7.57. The minimum atomic E-state index is -0.694. The van der Waals surface area contributed by atoms with E-state index >= 15 is 0 Å². The van der Waals surface area contributed by atoms with Crippen LogP contribution in [0.4, 0.5) is 5.82 Å². The van der Waals surface area contributed by atoms with Gasteiger partial charge < -0.3 is 10.1 Å². The fourth-order valence-electron chi connectivity index (χ4n) is 2.33. The highest BCUT2D eigenvalue weighted by atomic mass is 35.5. The predicted octanol–water partition coefficient (Wildman–Crippen LogP) is 3.99. The second-order valence-corrected chi connectivity index (χ2v) is 5.95. The van der Waals surface area contributed by atoms with Gasteiger partial charge in [0.1, 0.15) is 11.6 Å². The average molecular weight is 356 g/mol. The topological polar surface area (TPSA) is 56.1 Å². The van der Waals surface area contributed by atoms with Crippen molar-refractivity contribution < 1.29 is 9.53 Å². The molecule has 6 heteroatoms. The number of para-hydroxylation sites is 1. The molecule has 3 rings (SSSR count). The zero-order chi connectivity index (χ0) is 17.6. The largest absolute Gasteiger partial charge is 0.479 e. The van der Waals surface area contributed by atoms with Crippen molar-refractivity contribution in [2.24, 2.45) is 0 Å². The van der Waals surface area contributed by atoms with Crippen molar-refractivity contribution in [1.29, 1.82) is 0 Å². The number of ether oxygens (including phenoxy) is 1. The Morgan fingerprint density at radius 1 is 1.16 bits per heavy atom. The smallest absolute Gasteiger partial charge is 0.266 e. The first-order valence-electron chi connectivity index (χ1n) is 7.91. The monoisotopic (exact) mass is 355 g/mol. The third kappa shape index (κ3) is 4.39. The number of anilines is 1. The minimum absolute atomic E-state index is 0.269. The maximum Gasteiger partial charge on any atom is 0.266 e. The summed E-state index contributed by atoms with van der Waals surface area (Å²) in [6, 6.07) is 18.7. The van der Waals surface area contributed by atoms with Gasteiger partial charge >= 0.3 is 0 Å². The molecule has 0 unspecified atom stereocenters. The second-order valence-electron chi connectivity index (χ2n) is 5.54. The Balaban J connectivity index is 1.65. The molecule has 3 aromatic rings. The van der Waals surface area contributed by atoms with E-state index < -0.39 is 6.10 Å². The number of nitrogens with one attached hydrogen (secondary N) is 1. The Kier molecular flexibility index (Phi) is 5.36. The summed E-state index contributed by atoms with van der Waals surface area (Å²) in [6.07, 6.45) is 0.956. The SMILES string of the molecule is C[C@@H](Oc1ccccc1Cl)C(=O)Nc1ccnn1Cc1ccccc1. The van der Waals surface area contributed by atoms with Crippen molar-refractivity contribution in [2.45, 2.75) is 19.6 Å². The molecule has 128 valence electrons. The van der Waals surface area contributed by atoms with Gasteiger partial charge in [0.25, 0.3) is 5.91 Å². The fourth-order valence-corrected chi connectivity index (χ4v) is 2.51. The van der Waals surface area contributed by atoms with Crippen LogP contribution in [-0.2, 0) is 11.3 Å². The standard InChI is InChI=1S/C19H18ClN3O2/c1-14(25-17-10-6-5-9-16(17)20)19(24)22-18-11-12-21-23(18)13-15-7-3-2-4-8-15/h2-12,14H,13H2,1H3,(H,22,24)/t14-/m1/s1. The predicted molar refractivity (Wildman–Crippen MR) is 97.9 cm³/mol. The van der Waals surface area contributed by atoms with Gasteiger partial charge in [-0.3, -0.25) is 4.79 Å². The van der Waals surface area contributed by atoms with Gasteiger partial charge in [-0.05, 0) is 24.6 Å². The summed E-state index contributed by atoms with van der Waals surface area (Å²) in [4.78, 5) is 12.4. The van der Waals surface area contributed by atoms with Crippen LogP contribution in [0.5, 0.6) is 5.75 Å². The highest BCUT2D eigenvalue weighted by Crippen LogP contribution is 2.24. The molecule has 2 aromatic carbocycles. The normalized spacial score (nSPS) is 11.8. The lowest BCUT2D eigenvalue weighted by Gasteiger charge is -2.16. The molecule has 1 aromatic heterocycles. The molecule has 0 aliphatic heterocycles. The fraction of sp³-hybridized carbons (Fsp3) is 0.158. The van der Waals surface area contributed by atoms with Gasteiger partial charge in [-0.15, -0.1) is 0 Å². The molecule has 0 bridgehead atoms. The van der Waals surface area contributed by atoms with Crippen LogP contribution >= 0.6 is 11.6 Å². The number of amides is 1. The summed E-state index contributed by atoms with van der Waals surface area (Å²) >= 11 is 6.06. The van der Waals surface area contributed by atoms with Crippen molar-refractivity contribution in [3.05, 3.63) is 77.4 Å². The van der Waals surface area contributed by atoms with Gasteiger partial charge in [0.15, 0.2) is 6.10 Å². The van der Waals surface area contributed by atoms with E-state index in [9.17, 15) is 4.79 Å². The third-order valence-electron chi connectivity index (χ3n) is 3.65. The number of carbonyl (C=O) groups is 1. The number of benzene rings is 2. The number of carbonyl (C=O) groups excluding carboxylic acids is 1. The van der Waals surface area contributed by atoms with Crippen molar-refractivity contribution >= 4 is 23.3 Å². The summed E-state index contributed by atoms with van der Waals surface area (Å²) in [5.41, 5.74) is 1.10. The van der Waals surface area contributed by atoms with Crippen LogP contribution in [0.2, 0.25) is 5.02 Å². The Labute approximate surface area is 151 Å². The first kappa shape index (κ1) is 17.0. The van der Waals surface area contributed by atoms with Gasteiger partial charge in [-0.25, -0.2) is 4.68 Å². The molecule has 0 fully saturated rings. The maximum atomic E-state index is 12.4. The van der Waals surface area contributed by atoms with Crippen LogP contribution < -0.4 is 10.1 Å². The van der Waals surface area contributed by atoms with Crippen LogP contribution in [-0.4, -0.2) is 21.8 Å². The quantitative estimate of drug-likeness (QED) is 0.727. The molecule has 0 radical (unpaired) electrons. The minimum Gasteiger partial charge on any atom is -0.479 e. The van der Waals surface area contributed by atoms with E-state index in [1.165, 1.54) is 0 Å². The van der Waals surface area contributed by atoms with Gasteiger partial charge in [0.05, 0.1) is 17.8 Å². The first-order valence-corrected chi connectivity index (χ1v) is 8.29. The summed E-state index contributed by atoms with van der Waals surface area (Å²) in [6.45, 7) is 2.25. The number of hydrogen-bond acceptors (Lipinski definition) is 3. The van der Waals surface area contributed by atoms with Gasteiger partial charge in [0.2, 0.25) is 0 Å². The lowest BCUT2D eigenvalue weighted by atomic mass is 10.2. The molecule has 1 atom stereocenters. The molecule has 1 N–H and O–H groups in total. The van der Waals surface area contributed by atoms with Crippen LogP contribution in [0.3, 0.4) is 0 Å². The van der Waals surface area contributed by atoms with E-state index in [0.29, 0.717) is 23.1 Å². The molecule has 0 spiro atoms. The Bertz CT molecular complexity index is 849. The molecule has 1 amide bonds. The van der Waals surface area contributed by atoms with E-state index in [1.807, 2.05) is 36.4 Å². The van der Waals surface area contributed by atoms with Crippen molar-refractivity contribution in [1.82, 2.24) is 9.78 Å². The van der Waals surface area contributed by atoms with E-state index in [4.69, 9.17) is 16.3 Å². The number of nitrogens with zero attached hydrogens (tertiary/aromatic N) is 2. The highest BCUT2D eigenvalue weighted by Gasteiger charge is 2.17. The Morgan fingerprint density at radius 3 is 2.64 bits per heavy atom. The first-order chi connectivity index (χ1) is 12.1. The zero-order valence-corrected chi connectivity index (χ0v) is 14.5. The molecule has 0 aliphatic carbocycles. The summed E-state index contributed by atoms with van der Waals surface area (Å²) in [5.74, 6) is 0.822. The lowest BCUT2D eigenvalue weighted by Crippen LogP contribution is -2.31. The molecule has 0 saturated heterocycles. The van der Waals surface area contributed by atoms with Crippen molar-refractivity contribution in [3.8, 4) is 5.75 Å². The second kappa shape index (κ2) is 7.85. The molecule has 1 heterocycles. The summed E-state index contributed by atoms with van der Waals surface area (Å²) < 4.78 is 7.37. The third-order valence-corrected chi connectivity index (χ3v) is 3.96. The van der Waals surface area contributed by atoms with Crippen LogP contribution in [0.25, 0.3) is 0 Å². The molecule has 5 nitrogen and oxygen atoms in total.